The van der Waals surface area contributed by atoms with Crippen molar-refractivity contribution in [3.63, 3.8) is 0 Å². The molecular formula is C18H22FNO. The van der Waals surface area contributed by atoms with E-state index in [9.17, 15) is 4.39 Å². The van der Waals surface area contributed by atoms with Crippen molar-refractivity contribution in [2.45, 2.75) is 39.3 Å². The minimum atomic E-state index is -0.488. The number of halogens is 1. The maximum Gasteiger partial charge on any atom is 0.142 e. The van der Waals surface area contributed by atoms with Gasteiger partial charge in [-0.1, -0.05) is 42.8 Å². The summed E-state index contributed by atoms with van der Waals surface area (Å²) in [5.74, 6) is 0.467. The minimum absolute atomic E-state index is 0.261. The predicted molar refractivity (Wildman–Crippen MR) is 84.0 cm³/mol. The largest absolute Gasteiger partial charge is 0.484 e. The molecule has 0 aliphatic heterocycles. The fourth-order valence-electron chi connectivity index (χ4n) is 2.37. The van der Waals surface area contributed by atoms with Crippen LogP contribution in [0.1, 0.15) is 36.1 Å². The minimum Gasteiger partial charge on any atom is -0.484 e. The summed E-state index contributed by atoms with van der Waals surface area (Å²) >= 11 is 0. The Morgan fingerprint density at radius 3 is 2.48 bits per heavy atom. The van der Waals surface area contributed by atoms with Crippen LogP contribution in [0.2, 0.25) is 0 Å². The van der Waals surface area contributed by atoms with Gasteiger partial charge in [0.05, 0.1) is 0 Å². The zero-order valence-corrected chi connectivity index (χ0v) is 12.8. The maximum atomic E-state index is 14.1. The highest BCUT2D eigenvalue weighted by Crippen LogP contribution is 2.29. The average molecular weight is 287 g/mol. The second-order valence-corrected chi connectivity index (χ2v) is 5.40. The van der Waals surface area contributed by atoms with Crippen LogP contribution < -0.4 is 10.5 Å². The molecule has 0 aliphatic carbocycles. The van der Waals surface area contributed by atoms with E-state index >= 15 is 0 Å². The monoisotopic (exact) mass is 287 g/mol. The summed E-state index contributed by atoms with van der Waals surface area (Å²) in [5, 5.41) is 0. The van der Waals surface area contributed by atoms with Crippen LogP contribution in [0.4, 0.5) is 4.39 Å². The molecule has 0 heterocycles. The van der Waals surface area contributed by atoms with E-state index in [4.69, 9.17) is 10.5 Å². The van der Waals surface area contributed by atoms with Crippen LogP contribution >= 0.6 is 0 Å². The van der Waals surface area contributed by atoms with Crippen LogP contribution in [0.3, 0.4) is 0 Å². The standard InChI is InChI=1S/C18H22FNO/c1-4-16(20)18(14-7-5-6-8-15(14)19)21-17-10-9-12(2)11-13(17)3/h5-11,16,18H,4,20H2,1-3H3. The molecule has 2 atom stereocenters. The molecule has 2 aromatic carbocycles. The van der Waals surface area contributed by atoms with E-state index in [1.807, 2.05) is 39.0 Å². The molecular weight excluding hydrogens is 265 g/mol. The number of hydrogen-bond donors (Lipinski definition) is 1. The molecule has 0 aromatic heterocycles. The topological polar surface area (TPSA) is 35.2 Å². The highest BCUT2D eigenvalue weighted by atomic mass is 19.1. The van der Waals surface area contributed by atoms with Crippen LogP contribution in [0, 0.1) is 19.7 Å². The lowest BCUT2D eigenvalue weighted by atomic mass is 10.00. The molecule has 2 unspecified atom stereocenters. The molecule has 2 N–H and O–H groups in total. The number of benzene rings is 2. The second kappa shape index (κ2) is 6.72. The van der Waals surface area contributed by atoms with Gasteiger partial charge in [0.2, 0.25) is 0 Å². The number of nitrogens with two attached hydrogens (primary N) is 1. The van der Waals surface area contributed by atoms with Crippen molar-refractivity contribution >= 4 is 0 Å². The quantitative estimate of drug-likeness (QED) is 0.890. The summed E-state index contributed by atoms with van der Waals surface area (Å²) in [7, 11) is 0. The fourth-order valence-corrected chi connectivity index (χ4v) is 2.37. The Bertz CT molecular complexity index is 612. The molecule has 0 radical (unpaired) electrons. The predicted octanol–water partition coefficient (Wildman–Crippen LogP) is 4.30. The molecule has 0 bridgehead atoms. The van der Waals surface area contributed by atoms with E-state index in [0.717, 1.165) is 11.3 Å². The Kier molecular flexibility index (Phi) is 4.97. The second-order valence-electron chi connectivity index (χ2n) is 5.40. The van der Waals surface area contributed by atoms with E-state index in [1.165, 1.54) is 11.6 Å². The lowest BCUT2D eigenvalue weighted by molar-refractivity contribution is 0.165. The normalized spacial score (nSPS) is 13.8. The Morgan fingerprint density at radius 1 is 1.14 bits per heavy atom. The molecule has 0 saturated heterocycles. The van der Waals surface area contributed by atoms with Crippen molar-refractivity contribution in [2.24, 2.45) is 5.73 Å². The van der Waals surface area contributed by atoms with Crippen LogP contribution in [-0.2, 0) is 0 Å². The van der Waals surface area contributed by atoms with Gasteiger partial charge < -0.3 is 10.5 Å². The van der Waals surface area contributed by atoms with Crippen LogP contribution in [0.25, 0.3) is 0 Å². The number of hydrogen-bond acceptors (Lipinski definition) is 2. The van der Waals surface area contributed by atoms with Gasteiger partial charge in [-0.25, -0.2) is 4.39 Å². The Labute approximate surface area is 125 Å². The zero-order valence-electron chi connectivity index (χ0n) is 12.8. The van der Waals surface area contributed by atoms with Gasteiger partial charge in [0, 0.05) is 11.6 Å². The molecule has 2 nitrogen and oxygen atoms in total. The van der Waals surface area contributed by atoms with E-state index < -0.39 is 6.10 Å². The van der Waals surface area contributed by atoms with Gasteiger partial charge >= 0.3 is 0 Å². The van der Waals surface area contributed by atoms with Gasteiger partial charge in [0.1, 0.15) is 17.7 Å². The Hall–Kier alpha value is -1.87. The molecule has 0 fully saturated rings. The van der Waals surface area contributed by atoms with Gasteiger partial charge in [-0.05, 0) is 38.0 Å². The summed E-state index contributed by atoms with van der Waals surface area (Å²) in [5.41, 5.74) is 8.86. The van der Waals surface area contributed by atoms with E-state index in [1.54, 1.807) is 18.2 Å². The van der Waals surface area contributed by atoms with Crippen molar-refractivity contribution in [1.82, 2.24) is 0 Å². The van der Waals surface area contributed by atoms with Crippen LogP contribution in [0.15, 0.2) is 42.5 Å². The van der Waals surface area contributed by atoms with Gasteiger partial charge in [0.15, 0.2) is 0 Å². The number of aryl methyl sites for hydroxylation is 2. The number of rotatable bonds is 5. The van der Waals surface area contributed by atoms with Gasteiger partial charge in [0.25, 0.3) is 0 Å². The van der Waals surface area contributed by atoms with Crippen molar-refractivity contribution in [2.75, 3.05) is 0 Å². The highest BCUT2D eigenvalue weighted by molar-refractivity contribution is 5.36. The molecule has 0 amide bonds. The Morgan fingerprint density at radius 2 is 1.86 bits per heavy atom. The van der Waals surface area contributed by atoms with Crippen LogP contribution in [-0.4, -0.2) is 6.04 Å². The van der Waals surface area contributed by atoms with Crippen LogP contribution in [0.5, 0.6) is 5.75 Å². The third-order valence-electron chi connectivity index (χ3n) is 3.66. The molecule has 0 spiro atoms. The fraction of sp³-hybridized carbons (Fsp3) is 0.333. The van der Waals surface area contributed by atoms with Crippen molar-refractivity contribution in [1.29, 1.82) is 0 Å². The summed E-state index contributed by atoms with van der Waals surface area (Å²) in [6, 6.07) is 12.3. The van der Waals surface area contributed by atoms with Gasteiger partial charge in [-0.15, -0.1) is 0 Å². The van der Waals surface area contributed by atoms with Crippen molar-refractivity contribution in [3.8, 4) is 5.75 Å². The van der Waals surface area contributed by atoms with E-state index in [-0.39, 0.29) is 11.9 Å². The first-order valence-corrected chi connectivity index (χ1v) is 7.26. The molecule has 21 heavy (non-hydrogen) atoms. The smallest absolute Gasteiger partial charge is 0.142 e. The first-order chi connectivity index (χ1) is 10.0. The third kappa shape index (κ3) is 3.61. The van der Waals surface area contributed by atoms with Gasteiger partial charge in [-0.2, -0.15) is 0 Å². The van der Waals surface area contributed by atoms with Gasteiger partial charge in [-0.3, -0.25) is 0 Å². The molecule has 0 aliphatic rings. The summed E-state index contributed by atoms with van der Waals surface area (Å²) in [6.45, 7) is 5.99. The zero-order chi connectivity index (χ0) is 15.4. The summed E-state index contributed by atoms with van der Waals surface area (Å²) in [4.78, 5) is 0. The highest BCUT2D eigenvalue weighted by Gasteiger charge is 2.24. The van der Waals surface area contributed by atoms with E-state index in [2.05, 4.69) is 0 Å². The summed E-state index contributed by atoms with van der Waals surface area (Å²) in [6.07, 6.45) is 0.224. The van der Waals surface area contributed by atoms with E-state index in [0.29, 0.717) is 12.0 Å². The molecule has 2 aromatic rings. The average Bonchev–Trinajstić information content (AvgIpc) is 2.47. The molecule has 2 rings (SSSR count). The summed E-state index contributed by atoms with van der Waals surface area (Å²) < 4.78 is 20.1. The molecule has 0 saturated carbocycles. The molecule has 3 heteroatoms. The first kappa shape index (κ1) is 15.5. The maximum absolute atomic E-state index is 14.1. The Balaban J connectivity index is 2.35. The SMILES string of the molecule is CCC(N)C(Oc1ccc(C)cc1C)c1ccccc1F. The number of ether oxygens (including phenoxy) is 1. The lowest BCUT2D eigenvalue weighted by Crippen LogP contribution is -2.32. The lowest BCUT2D eigenvalue weighted by Gasteiger charge is -2.26. The van der Waals surface area contributed by atoms with Crippen molar-refractivity contribution in [3.05, 3.63) is 65.0 Å². The third-order valence-corrected chi connectivity index (χ3v) is 3.66. The first-order valence-electron chi connectivity index (χ1n) is 7.26. The van der Waals surface area contributed by atoms with Crippen molar-refractivity contribution < 1.29 is 9.13 Å². The molecule has 112 valence electrons.